The van der Waals surface area contributed by atoms with Crippen LogP contribution in [0.4, 0.5) is 13.2 Å². The number of piperazine rings is 1. The summed E-state index contributed by atoms with van der Waals surface area (Å²) in [5, 5.41) is 7.95. The minimum Gasteiger partial charge on any atom is -0.353 e. The zero-order valence-corrected chi connectivity index (χ0v) is 13.0. The van der Waals surface area contributed by atoms with Crippen LogP contribution in [0, 0.1) is 0 Å². The first-order valence-corrected chi connectivity index (χ1v) is 7.61. The number of carbonyl (C=O) groups excluding carboxylic acids is 2. The minimum absolute atomic E-state index is 0.205. The van der Waals surface area contributed by atoms with E-state index in [1.165, 1.54) is 4.90 Å². The highest BCUT2D eigenvalue weighted by Gasteiger charge is 2.37. The van der Waals surface area contributed by atoms with Crippen molar-refractivity contribution in [3.8, 4) is 0 Å². The molecule has 1 saturated heterocycles. The van der Waals surface area contributed by atoms with Gasteiger partial charge in [0.2, 0.25) is 5.91 Å². The van der Waals surface area contributed by atoms with E-state index >= 15 is 0 Å². The van der Waals surface area contributed by atoms with Gasteiger partial charge in [0.15, 0.2) is 5.69 Å². The third-order valence-electron chi connectivity index (χ3n) is 3.97. The summed E-state index contributed by atoms with van der Waals surface area (Å²) in [5.74, 6) is -1.04. The van der Waals surface area contributed by atoms with Crippen molar-refractivity contribution < 1.29 is 22.8 Å². The molecule has 1 fully saturated rings. The smallest absolute Gasteiger partial charge is 0.353 e. The van der Waals surface area contributed by atoms with E-state index in [4.69, 9.17) is 0 Å². The SMILES string of the molecule is O=C1NCCN(C(=O)c2cc(C(F)(F)F)[nH]n2)[C@H]1Cc1ccccc1. The van der Waals surface area contributed by atoms with Crippen molar-refractivity contribution in [2.45, 2.75) is 18.6 Å². The largest absolute Gasteiger partial charge is 0.432 e. The second kappa shape index (κ2) is 6.58. The summed E-state index contributed by atoms with van der Waals surface area (Å²) in [6, 6.07) is 8.96. The van der Waals surface area contributed by atoms with Gasteiger partial charge in [0.05, 0.1) is 0 Å². The Morgan fingerprint density at radius 3 is 2.64 bits per heavy atom. The molecule has 0 aliphatic carbocycles. The second-order valence-electron chi connectivity index (χ2n) is 5.66. The molecule has 1 aliphatic rings. The molecule has 2 N–H and O–H groups in total. The van der Waals surface area contributed by atoms with Gasteiger partial charge in [-0.25, -0.2) is 0 Å². The molecular formula is C16H15F3N4O2. The number of carbonyl (C=O) groups is 2. The molecular weight excluding hydrogens is 337 g/mol. The van der Waals surface area contributed by atoms with E-state index < -0.39 is 23.8 Å². The maximum Gasteiger partial charge on any atom is 0.432 e. The Hall–Kier alpha value is -2.84. The molecule has 0 spiro atoms. The lowest BCUT2D eigenvalue weighted by Gasteiger charge is -2.34. The van der Waals surface area contributed by atoms with Crippen LogP contribution >= 0.6 is 0 Å². The maximum atomic E-state index is 12.7. The summed E-state index contributed by atoms with van der Waals surface area (Å²) in [6.45, 7) is 0.447. The molecule has 132 valence electrons. The molecule has 0 radical (unpaired) electrons. The van der Waals surface area contributed by atoms with Crippen molar-refractivity contribution in [2.75, 3.05) is 13.1 Å². The first-order valence-electron chi connectivity index (χ1n) is 7.61. The van der Waals surface area contributed by atoms with Gasteiger partial charge in [0.1, 0.15) is 11.7 Å². The first-order chi connectivity index (χ1) is 11.9. The van der Waals surface area contributed by atoms with Crippen molar-refractivity contribution in [1.82, 2.24) is 20.4 Å². The van der Waals surface area contributed by atoms with E-state index in [0.717, 1.165) is 5.56 Å². The van der Waals surface area contributed by atoms with Crippen molar-refractivity contribution in [2.24, 2.45) is 0 Å². The maximum absolute atomic E-state index is 12.7. The van der Waals surface area contributed by atoms with Crippen molar-refractivity contribution in [3.05, 3.63) is 53.3 Å². The highest BCUT2D eigenvalue weighted by molar-refractivity contribution is 5.97. The molecule has 2 heterocycles. The number of H-pyrrole nitrogens is 1. The Bertz CT molecular complexity index is 773. The standard InChI is InChI=1S/C16H15F3N4O2/c17-16(18,19)13-9-11(21-22-13)15(25)23-7-6-20-14(24)12(23)8-10-4-2-1-3-5-10/h1-5,9,12H,6-8H2,(H,20,24)(H,21,22)/t12-/m0/s1. The average Bonchev–Trinajstić information content (AvgIpc) is 3.07. The molecule has 0 bridgehead atoms. The van der Waals surface area contributed by atoms with Crippen LogP contribution in [0.5, 0.6) is 0 Å². The Balaban J connectivity index is 1.83. The van der Waals surface area contributed by atoms with Crippen LogP contribution in [0.3, 0.4) is 0 Å². The molecule has 0 unspecified atom stereocenters. The third-order valence-corrected chi connectivity index (χ3v) is 3.97. The summed E-state index contributed by atoms with van der Waals surface area (Å²) in [4.78, 5) is 26.0. The Morgan fingerprint density at radius 2 is 2.00 bits per heavy atom. The lowest BCUT2D eigenvalue weighted by molar-refractivity contribution is -0.141. The number of halogens is 3. The van der Waals surface area contributed by atoms with E-state index in [-0.39, 0.29) is 31.1 Å². The molecule has 1 atom stereocenters. The summed E-state index contributed by atoms with van der Waals surface area (Å²) in [6.07, 6.45) is -4.34. The number of hydrogen-bond donors (Lipinski definition) is 2. The quantitative estimate of drug-likeness (QED) is 0.881. The fourth-order valence-electron chi connectivity index (χ4n) is 2.72. The summed E-state index contributed by atoms with van der Waals surface area (Å²) >= 11 is 0. The molecule has 9 heteroatoms. The van der Waals surface area contributed by atoms with Crippen LogP contribution in [-0.2, 0) is 17.4 Å². The zero-order chi connectivity index (χ0) is 18.0. The van der Waals surface area contributed by atoms with Gasteiger partial charge in [0.25, 0.3) is 5.91 Å². The molecule has 2 amide bonds. The highest BCUT2D eigenvalue weighted by atomic mass is 19.4. The number of aromatic amines is 1. The topological polar surface area (TPSA) is 78.1 Å². The second-order valence-corrected chi connectivity index (χ2v) is 5.66. The Labute approximate surface area is 141 Å². The van der Waals surface area contributed by atoms with Crippen LogP contribution in [-0.4, -0.2) is 46.0 Å². The number of benzene rings is 1. The van der Waals surface area contributed by atoms with Crippen molar-refractivity contribution >= 4 is 11.8 Å². The fourth-order valence-corrected chi connectivity index (χ4v) is 2.72. The summed E-state index contributed by atoms with van der Waals surface area (Å²) < 4.78 is 38.0. The predicted octanol–water partition coefficient (Wildman–Crippen LogP) is 1.61. The molecule has 25 heavy (non-hydrogen) atoms. The summed E-state index contributed by atoms with van der Waals surface area (Å²) in [5.41, 5.74) is -0.614. The van der Waals surface area contributed by atoms with Gasteiger partial charge >= 0.3 is 6.18 Å². The van der Waals surface area contributed by atoms with E-state index in [0.29, 0.717) is 6.07 Å². The monoisotopic (exact) mass is 352 g/mol. The van der Waals surface area contributed by atoms with Crippen LogP contribution in [0.1, 0.15) is 21.7 Å². The van der Waals surface area contributed by atoms with Gasteiger partial charge in [-0.15, -0.1) is 0 Å². The number of alkyl halides is 3. The predicted molar refractivity (Wildman–Crippen MR) is 81.6 cm³/mol. The van der Waals surface area contributed by atoms with E-state index in [2.05, 4.69) is 10.4 Å². The number of aromatic nitrogens is 2. The van der Waals surface area contributed by atoms with Gasteiger partial charge < -0.3 is 10.2 Å². The molecule has 1 aromatic heterocycles. The third kappa shape index (κ3) is 3.65. The molecule has 1 aliphatic heterocycles. The Kier molecular flexibility index (Phi) is 4.47. The Morgan fingerprint density at radius 1 is 1.28 bits per heavy atom. The number of rotatable bonds is 3. The minimum atomic E-state index is -4.62. The fraction of sp³-hybridized carbons (Fsp3) is 0.312. The molecule has 1 aromatic carbocycles. The molecule has 0 saturated carbocycles. The van der Waals surface area contributed by atoms with E-state index in [1.54, 1.807) is 0 Å². The lowest BCUT2D eigenvalue weighted by Crippen LogP contribution is -2.58. The van der Waals surface area contributed by atoms with E-state index in [9.17, 15) is 22.8 Å². The molecule has 6 nitrogen and oxygen atoms in total. The van der Waals surface area contributed by atoms with Crippen LogP contribution in [0.2, 0.25) is 0 Å². The number of hydrogen-bond acceptors (Lipinski definition) is 3. The van der Waals surface area contributed by atoms with E-state index in [1.807, 2.05) is 35.4 Å². The normalized spacial score (nSPS) is 18.1. The van der Waals surface area contributed by atoms with Gasteiger partial charge in [-0.1, -0.05) is 30.3 Å². The van der Waals surface area contributed by atoms with Gasteiger partial charge in [-0.3, -0.25) is 14.7 Å². The number of nitrogens with one attached hydrogen (secondary N) is 2. The number of nitrogens with zero attached hydrogens (tertiary/aromatic N) is 2. The van der Waals surface area contributed by atoms with Gasteiger partial charge in [-0.2, -0.15) is 18.3 Å². The summed E-state index contributed by atoms with van der Waals surface area (Å²) in [7, 11) is 0. The van der Waals surface area contributed by atoms with Crippen LogP contribution in [0.15, 0.2) is 36.4 Å². The van der Waals surface area contributed by atoms with Crippen LogP contribution < -0.4 is 5.32 Å². The van der Waals surface area contributed by atoms with Crippen molar-refractivity contribution in [3.63, 3.8) is 0 Å². The molecule has 2 aromatic rings. The first kappa shape index (κ1) is 17.0. The van der Waals surface area contributed by atoms with Gasteiger partial charge in [-0.05, 0) is 5.56 Å². The highest BCUT2D eigenvalue weighted by Crippen LogP contribution is 2.28. The zero-order valence-electron chi connectivity index (χ0n) is 13.0. The lowest BCUT2D eigenvalue weighted by atomic mass is 10.0. The average molecular weight is 352 g/mol. The van der Waals surface area contributed by atoms with Gasteiger partial charge in [0, 0.05) is 25.6 Å². The number of amides is 2. The van der Waals surface area contributed by atoms with Crippen molar-refractivity contribution in [1.29, 1.82) is 0 Å². The molecule has 3 rings (SSSR count). The van der Waals surface area contributed by atoms with Crippen LogP contribution in [0.25, 0.3) is 0 Å².